The zero-order valence-electron chi connectivity index (χ0n) is 21.6. The highest BCUT2D eigenvalue weighted by molar-refractivity contribution is 5.91. The van der Waals surface area contributed by atoms with Crippen molar-refractivity contribution >= 4 is 5.78 Å². The van der Waals surface area contributed by atoms with Crippen LogP contribution in [0.15, 0.2) is 11.6 Å². The molecule has 0 saturated carbocycles. The molecule has 11 heteroatoms. The Hall–Kier alpha value is -0.990. The second kappa shape index (κ2) is 11.8. The van der Waals surface area contributed by atoms with E-state index in [-0.39, 0.29) is 29.8 Å². The molecule has 0 spiro atoms. The molecule has 2 aliphatic heterocycles. The maximum Gasteiger partial charge on any atom is 0.186 e. The number of aliphatic hydroxyl groups is 6. The number of hydrogen-bond acceptors (Lipinski definition) is 11. The van der Waals surface area contributed by atoms with Gasteiger partial charge < -0.3 is 49.6 Å². The smallest absolute Gasteiger partial charge is 0.186 e. The first-order chi connectivity index (χ1) is 16.7. The van der Waals surface area contributed by atoms with Gasteiger partial charge in [-0.1, -0.05) is 19.4 Å². The van der Waals surface area contributed by atoms with Crippen molar-refractivity contribution < 1.29 is 54.4 Å². The number of hydrogen-bond donors (Lipinski definition) is 6. The highest BCUT2D eigenvalue weighted by Crippen LogP contribution is 2.42. The fourth-order valence-electron chi connectivity index (χ4n) is 5.42. The van der Waals surface area contributed by atoms with Crippen LogP contribution in [0.5, 0.6) is 0 Å². The summed E-state index contributed by atoms with van der Waals surface area (Å²) in [6.07, 6.45) is -10.1. The van der Waals surface area contributed by atoms with Gasteiger partial charge in [0.2, 0.25) is 0 Å². The normalized spacial score (nSPS) is 44.2. The molecule has 0 radical (unpaired) electrons. The van der Waals surface area contributed by atoms with Gasteiger partial charge in [-0.15, -0.1) is 0 Å². The number of allylic oxidation sites excluding steroid dienone is 2. The van der Waals surface area contributed by atoms with Crippen LogP contribution in [0.2, 0.25) is 0 Å². The largest absolute Gasteiger partial charge is 0.388 e. The van der Waals surface area contributed by atoms with Gasteiger partial charge in [-0.2, -0.15) is 0 Å². The third kappa shape index (κ3) is 6.52. The zero-order chi connectivity index (χ0) is 26.9. The maximum absolute atomic E-state index is 11.9. The lowest BCUT2D eigenvalue weighted by atomic mass is 9.66. The molecule has 11 nitrogen and oxygen atoms in total. The molecular weight excluding hydrogens is 476 g/mol. The van der Waals surface area contributed by atoms with Crippen molar-refractivity contribution in [1.29, 1.82) is 0 Å². The summed E-state index contributed by atoms with van der Waals surface area (Å²) in [5.74, 6) is 0.328. The van der Waals surface area contributed by atoms with E-state index in [0.717, 1.165) is 12.0 Å². The summed E-state index contributed by atoms with van der Waals surface area (Å²) in [5.41, 5.74) is 0.860. The van der Waals surface area contributed by atoms with Gasteiger partial charge in [-0.25, -0.2) is 0 Å². The maximum atomic E-state index is 11.9. The second-order valence-electron chi connectivity index (χ2n) is 11.1. The van der Waals surface area contributed by atoms with Crippen LogP contribution in [0.25, 0.3) is 0 Å². The molecule has 0 aromatic heterocycles. The van der Waals surface area contributed by atoms with E-state index >= 15 is 0 Å². The Morgan fingerprint density at radius 2 is 1.58 bits per heavy atom. The van der Waals surface area contributed by atoms with Crippen molar-refractivity contribution in [3.63, 3.8) is 0 Å². The topological polar surface area (TPSA) is 175 Å². The molecule has 2 heterocycles. The van der Waals surface area contributed by atoms with Gasteiger partial charge in [0.25, 0.3) is 0 Å². The molecule has 12 atom stereocenters. The molecule has 208 valence electrons. The second-order valence-corrected chi connectivity index (χ2v) is 11.1. The van der Waals surface area contributed by atoms with Crippen LogP contribution in [0.1, 0.15) is 53.9 Å². The monoisotopic (exact) mass is 518 g/mol. The van der Waals surface area contributed by atoms with E-state index in [2.05, 4.69) is 13.8 Å². The van der Waals surface area contributed by atoms with Crippen LogP contribution in [-0.4, -0.2) is 111 Å². The number of carbonyl (C=O) groups excluding carboxylic acids is 1. The van der Waals surface area contributed by atoms with E-state index in [9.17, 15) is 35.4 Å². The minimum atomic E-state index is -1.57. The Bertz CT molecular complexity index is 786. The Balaban J connectivity index is 1.56. The van der Waals surface area contributed by atoms with E-state index in [1.807, 2.05) is 13.8 Å². The first kappa shape index (κ1) is 29.6. The van der Waals surface area contributed by atoms with Crippen LogP contribution in [0.3, 0.4) is 0 Å². The Morgan fingerprint density at radius 1 is 0.972 bits per heavy atom. The number of ketones is 1. The van der Waals surface area contributed by atoms with Gasteiger partial charge in [0.15, 0.2) is 18.4 Å². The standard InChI is InChI=1S/C25H42O11/c1-11-8-14(26)9-25(4,5)15(11)7-6-12(2)34-24-22(32)20(30)18(28)16(36-24)10-33-23-21(31)19(29)17(27)13(3)35-23/h8,12-13,15-24,27-32H,6-7,9-10H2,1-5H3/t12?,13-,15-,16-,17-,18-,19+,20+,21+,22-,23+,24+/m0/s1. The van der Waals surface area contributed by atoms with Crippen molar-refractivity contribution in [1.82, 2.24) is 0 Å². The summed E-state index contributed by atoms with van der Waals surface area (Å²) in [5, 5.41) is 61.1. The first-order valence-electron chi connectivity index (χ1n) is 12.6. The van der Waals surface area contributed by atoms with Crippen molar-refractivity contribution in [2.45, 2.75) is 121 Å². The molecule has 36 heavy (non-hydrogen) atoms. The minimum absolute atomic E-state index is 0.129. The van der Waals surface area contributed by atoms with E-state index < -0.39 is 61.4 Å². The molecule has 0 aromatic carbocycles. The van der Waals surface area contributed by atoms with Gasteiger partial charge >= 0.3 is 0 Å². The van der Waals surface area contributed by atoms with E-state index in [1.54, 1.807) is 6.08 Å². The van der Waals surface area contributed by atoms with E-state index in [1.165, 1.54) is 6.92 Å². The lowest BCUT2D eigenvalue weighted by Gasteiger charge is -2.43. The summed E-state index contributed by atoms with van der Waals surface area (Å²) in [4.78, 5) is 11.9. The van der Waals surface area contributed by atoms with Gasteiger partial charge in [0.05, 0.1) is 18.8 Å². The van der Waals surface area contributed by atoms with Crippen molar-refractivity contribution in [2.75, 3.05) is 6.61 Å². The van der Waals surface area contributed by atoms with E-state index in [4.69, 9.17) is 18.9 Å². The van der Waals surface area contributed by atoms with Gasteiger partial charge in [0, 0.05) is 6.42 Å². The first-order valence-corrected chi connectivity index (χ1v) is 12.6. The summed E-state index contributed by atoms with van der Waals surface area (Å²) < 4.78 is 22.5. The summed E-state index contributed by atoms with van der Waals surface area (Å²) in [6.45, 7) is 9.09. The average Bonchev–Trinajstić information content (AvgIpc) is 2.78. The SMILES string of the molecule is CC1=CC(=O)CC(C)(C)[C@H]1CCC(C)O[C@@H]1O[C@@H](CO[C@@H]2O[C@@H](C)[C@H](O)[C@@H](O)[C@H]2O)[C@H](O)[C@@H](O)[C@@H]1O. The quantitative estimate of drug-likeness (QED) is 0.242. The van der Waals surface area contributed by atoms with Gasteiger partial charge in [-0.3, -0.25) is 4.79 Å². The Morgan fingerprint density at radius 3 is 2.22 bits per heavy atom. The molecular formula is C25H42O11. The predicted molar refractivity (Wildman–Crippen MR) is 125 cm³/mol. The third-order valence-electron chi connectivity index (χ3n) is 7.64. The van der Waals surface area contributed by atoms with Gasteiger partial charge in [0.1, 0.15) is 42.7 Å². The predicted octanol–water partition coefficient (Wildman–Crippen LogP) is -0.615. The molecule has 0 bridgehead atoms. The number of ether oxygens (including phenoxy) is 4. The van der Waals surface area contributed by atoms with E-state index in [0.29, 0.717) is 12.8 Å². The number of rotatable bonds is 8. The highest BCUT2D eigenvalue weighted by atomic mass is 16.7. The van der Waals surface area contributed by atoms with Crippen LogP contribution < -0.4 is 0 Å². The van der Waals surface area contributed by atoms with Gasteiger partial charge in [-0.05, 0) is 51.0 Å². The van der Waals surface area contributed by atoms with Crippen LogP contribution in [0.4, 0.5) is 0 Å². The van der Waals surface area contributed by atoms with Crippen molar-refractivity contribution in [3.05, 3.63) is 11.6 Å². The molecule has 6 N–H and O–H groups in total. The Kier molecular flexibility index (Phi) is 9.70. The Labute approximate surface area is 211 Å². The molecule has 2 fully saturated rings. The third-order valence-corrected chi connectivity index (χ3v) is 7.64. The molecule has 2 saturated heterocycles. The van der Waals surface area contributed by atoms with Crippen LogP contribution in [0, 0.1) is 11.3 Å². The molecule has 1 unspecified atom stereocenters. The summed E-state index contributed by atoms with van der Waals surface area (Å²) in [6, 6.07) is 0. The summed E-state index contributed by atoms with van der Waals surface area (Å²) in [7, 11) is 0. The number of aliphatic hydroxyl groups excluding tert-OH is 6. The number of carbonyl (C=O) groups is 1. The zero-order valence-corrected chi connectivity index (χ0v) is 21.6. The van der Waals surface area contributed by atoms with Crippen LogP contribution >= 0.6 is 0 Å². The fraction of sp³-hybridized carbons (Fsp3) is 0.880. The van der Waals surface area contributed by atoms with Crippen LogP contribution in [-0.2, 0) is 23.7 Å². The minimum Gasteiger partial charge on any atom is -0.388 e. The lowest BCUT2D eigenvalue weighted by Crippen LogP contribution is -2.61. The summed E-state index contributed by atoms with van der Waals surface area (Å²) >= 11 is 0. The molecule has 1 aliphatic carbocycles. The fourth-order valence-corrected chi connectivity index (χ4v) is 5.42. The van der Waals surface area contributed by atoms with Crippen molar-refractivity contribution in [3.8, 4) is 0 Å². The molecule has 3 aliphatic rings. The average molecular weight is 519 g/mol. The van der Waals surface area contributed by atoms with Crippen molar-refractivity contribution in [2.24, 2.45) is 11.3 Å². The molecule has 3 rings (SSSR count). The highest BCUT2D eigenvalue weighted by Gasteiger charge is 2.47. The lowest BCUT2D eigenvalue weighted by molar-refractivity contribution is -0.332. The molecule has 0 amide bonds. The molecule has 0 aromatic rings.